The van der Waals surface area contributed by atoms with Gasteiger partial charge in [-0.15, -0.1) is 12.4 Å². The minimum Gasteiger partial charge on any atom is -0.336 e. The lowest BCUT2D eigenvalue weighted by molar-refractivity contribution is -0.134. The van der Waals surface area contributed by atoms with Gasteiger partial charge >= 0.3 is 0 Å². The molecule has 1 aromatic rings. The van der Waals surface area contributed by atoms with Crippen molar-refractivity contribution >= 4 is 39.9 Å². The summed E-state index contributed by atoms with van der Waals surface area (Å²) in [6, 6.07) is 6.13. The molecular formula is C15H23Cl2N3O3S. The smallest absolute Gasteiger partial charge is 0.243 e. The number of benzene rings is 1. The van der Waals surface area contributed by atoms with E-state index < -0.39 is 10.0 Å². The summed E-state index contributed by atoms with van der Waals surface area (Å²) in [6.07, 6.45) is 0. The average Bonchev–Trinajstić information content (AvgIpc) is 2.50. The lowest BCUT2D eigenvalue weighted by atomic mass is 10.1. The first-order valence-corrected chi connectivity index (χ1v) is 9.30. The summed E-state index contributed by atoms with van der Waals surface area (Å²) in [4.78, 5) is 14.3. The molecule has 1 amide bonds. The fourth-order valence-corrected chi connectivity index (χ4v) is 3.81. The van der Waals surface area contributed by atoms with Crippen molar-refractivity contribution < 1.29 is 13.2 Å². The van der Waals surface area contributed by atoms with Crippen molar-refractivity contribution in [2.24, 2.45) is 0 Å². The van der Waals surface area contributed by atoms with Crippen molar-refractivity contribution in [3.8, 4) is 0 Å². The van der Waals surface area contributed by atoms with E-state index >= 15 is 0 Å². The van der Waals surface area contributed by atoms with E-state index in [1.165, 1.54) is 31.3 Å². The van der Waals surface area contributed by atoms with Crippen LogP contribution < -0.4 is 5.32 Å². The molecule has 1 aromatic carbocycles. The van der Waals surface area contributed by atoms with Crippen molar-refractivity contribution in [3.05, 3.63) is 29.3 Å². The molecule has 1 N–H and O–H groups in total. The third-order valence-electron chi connectivity index (χ3n) is 4.23. The Labute approximate surface area is 154 Å². The molecule has 2 rings (SSSR count). The second-order valence-corrected chi connectivity index (χ2v) is 8.27. The van der Waals surface area contributed by atoms with E-state index in [0.29, 0.717) is 18.1 Å². The molecule has 0 radical (unpaired) electrons. The number of nitrogens with zero attached hydrogens (tertiary/aromatic N) is 2. The van der Waals surface area contributed by atoms with Crippen LogP contribution in [0.4, 0.5) is 0 Å². The van der Waals surface area contributed by atoms with Gasteiger partial charge in [0, 0.05) is 37.2 Å². The highest BCUT2D eigenvalue weighted by Crippen LogP contribution is 2.18. The summed E-state index contributed by atoms with van der Waals surface area (Å²) < 4.78 is 26.1. The summed E-state index contributed by atoms with van der Waals surface area (Å²) in [5.74, 6) is -0.189. The first-order chi connectivity index (χ1) is 10.7. The monoisotopic (exact) mass is 395 g/mol. The number of amides is 1. The maximum Gasteiger partial charge on any atom is 0.243 e. The van der Waals surface area contributed by atoms with Crippen LogP contribution >= 0.6 is 24.0 Å². The lowest BCUT2D eigenvalue weighted by Crippen LogP contribution is -2.58. The number of hydrogen-bond acceptors (Lipinski definition) is 4. The van der Waals surface area contributed by atoms with Crippen molar-refractivity contribution in [2.75, 3.05) is 26.7 Å². The minimum atomic E-state index is -3.71. The molecule has 0 aromatic heterocycles. The molecule has 1 fully saturated rings. The van der Waals surface area contributed by atoms with E-state index in [4.69, 9.17) is 11.6 Å². The van der Waals surface area contributed by atoms with E-state index in [-0.39, 0.29) is 41.8 Å². The molecule has 9 heteroatoms. The summed E-state index contributed by atoms with van der Waals surface area (Å²) in [5.41, 5.74) is 0. The molecule has 1 aliphatic heterocycles. The molecular weight excluding hydrogens is 373 g/mol. The predicted molar refractivity (Wildman–Crippen MR) is 97.2 cm³/mol. The lowest BCUT2D eigenvalue weighted by Gasteiger charge is -2.39. The van der Waals surface area contributed by atoms with E-state index in [1.807, 2.05) is 13.8 Å². The molecule has 2 unspecified atom stereocenters. The van der Waals surface area contributed by atoms with Crippen LogP contribution in [0.3, 0.4) is 0 Å². The zero-order chi connectivity index (χ0) is 17.2. The molecule has 136 valence electrons. The van der Waals surface area contributed by atoms with Crippen LogP contribution in [0.25, 0.3) is 0 Å². The van der Waals surface area contributed by atoms with Crippen LogP contribution in [0.5, 0.6) is 0 Å². The molecule has 1 aliphatic rings. The van der Waals surface area contributed by atoms with E-state index in [9.17, 15) is 13.2 Å². The average molecular weight is 396 g/mol. The number of likely N-dealkylation sites (N-methyl/N-ethyl adjacent to an activating group) is 1. The van der Waals surface area contributed by atoms with Crippen LogP contribution in [-0.2, 0) is 14.8 Å². The van der Waals surface area contributed by atoms with Gasteiger partial charge in [0.05, 0.1) is 11.4 Å². The Balaban J connectivity index is 0.00000288. The number of halogens is 2. The highest BCUT2D eigenvalue weighted by Gasteiger charge is 2.31. The van der Waals surface area contributed by atoms with Crippen LogP contribution in [0.1, 0.15) is 13.8 Å². The Hall–Kier alpha value is -0.860. The minimum absolute atomic E-state index is 0. The van der Waals surface area contributed by atoms with Crippen molar-refractivity contribution in [3.63, 3.8) is 0 Å². The molecule has 0 bridgehead atoms. The topological polar surface area (TPSA) is 69.7 Å². The van der Waals surface area contributed by atoms with Gasteiger partial charge in [0.25, 0.3) is 0 Å². The summed E-state index contributed by atoms with van der Waals surface area (Å²) in [5, 5.41) is 3.76. The standard InChI is InChI=1S/C15H22ClN3O3S.ClH/c1-11-12(2)19(9-8-17-11)15(20)10-18(3)23(21,22)14-6-4-13(16)5-7-14;/h4-7,11-12,17H,8-10H2,1-3H3;1H. The van der Waals surface area contributed by atoms with Gasteiger partial charge in [-0.1, -0.05) is 11.6 Å². The molecule has 24 heavy (non-hydrogen) atoms. The maximum absolute atomic E-state index is 12.5. The van der Waals surface area contributed by atoms with Crippen molar-refractivity contribution in [1.29, 1.82) is 0 Å². The number of piperazine rings is 1. The molecule has 2 atom stereocenters. The van der Waals surface area contributed by atoms with Crippen LogP contribution in [0.2, 0.25) is 5.02 Å². The zero-order valence-corrected chi connectivity index (χ0v) is 16.3. The summed E-state index contributed by atoms with van der Waals surface area (Å²) >= 11 is 5.78. The Kier molecular flexibility index (Phi) is 7.49. The normalized spacial score (nSPS) is 21.5. The fourth-order valence-electron chi connectivity index (χ4n) is 2.56. The molecule has 6 nitrogen and oxygen atoms in total. The number of carbonyl (C=O) groups is 1. The Morgan fingerprint density at radius 1 is 1.33 bits per heavy atom. The molecule has 1 heterocycles. The van der Waals surface area contributed by atoms with Gasteiger partial charge in [-0.2, -0.15) is 4.31 Å². The molecule has 0 spiro atoms. The second kappa shape index (κ2) is 8.49. The second-order valence-electron chi connectivity index (χ2n) is 5.79. The predicted octanol–water partition coefficient (Wildman–Crippen LogP) is 1.59. The summed E-state index contributed by atoms with van der Waals surface area (Å²) in [6.45, 7) is 5.09. The van der Waals surface area contributed by atoms with Gasteiger partial charge in [-0.25, -0.2) is 8.42 Å². The highest BCUT2D eigenvalue weighted by atomic mass is 35.5. The van der Waals surface area contributed by atoms with Gasteiger partial charge in [0.1, 0.15) is 0 Å². The Bertz CT molecular complexity index is 667. The van der Waals surface area contributed by atoms with Crippen molar-refractivity contribution in [1.82, 2.24) is 14.5 Å². The quantitative estimate of drug-likeness (QED) is 0.839. The zero-order valence-electron chi connectivity index (χ0n) is 13.9. The van der Waals surface area contributed by atoms with Crippen LogP contribution in [0, 0.1) is 0 Å². The SMILES string of the molecule is CC1NCCN(C(=O)CN(C)S(=O)(=O)c2ccc(Cl)cc2)C1C.Cl. The molecule has 0 aliphatic carbocycles. The molecule has 0 saturated carbocycles. The van der Waals surface area contributed by atoms with Crippen molar-refractivity contribution in [2.45, 2.75) is 30.8 Å². The molecule has 1 saturated heterocycles. The first kappa shape index (κ1) is 21.2. The third-order valence-corrected chi connectivity index (χ3v) is 6.30. The summed E-state index contributed by atoms with van der Waals surface area (Å²) in [7, 11) is -2.29. The number of hydrogen-bond donors (Lipinski definition) is 1. The highest BCUT2D eigenvalue weighted by molar-refractivity contribution is 7.89. The number of carbonyl (C=O) groups excluding carboxylic acids is 1. The maximum atomic E-state index is 12.5. The largest absolute Gasteiger partial charge is 0.336 e. The third kappa shape index (κ3) is 4.61. The number of sulfonamides is 1. The number of rotatable bonds is 4. The van der Waals surface area contributed by atoms with Gasteiger partial charge in [-0.3, -0.25) is 4.79 Å². The van der Waals surface area contributed by atoms with Crippen LogP contribution in [0.15, 0.2) is 29.2 Å². The first-order valence-electron chi connectivity index (χ1n) is 7.48. The van der Waals surface area contributed by atoms with Gasteiger partial charge in [-0.05, 0) is 38.1 Å². The van der Waals surface area contributed by atoms with Gasteiger partial charge < -0.3 is 10.2 Å². The van der Waals surface area contributed by atoms with Gasteiger partial charge in [0.2, 0.25) is 15.9 Å². The van der Waals surface area contributed by atoms with Gasteiger partial charge in [0.15, 0.2) is 0 Å². The number of nitrogens with one attached hydrogen (secondary N) is 1. The van der Waals surface area contributed by atoms with E-state index in [2.05, 4.69) is 5.32 Å². The fraction of sp³-hybridized carbons (Fsp3) is 0.533. The Morgan fingerprint density at radius 2 is 1.92 bits per heavy atom. The van der Waals surface area contributed by atoms with E-state index in [0.717, 1.165) is 4.31 Å². The Morgan fingerprint density at radius 3 is 2.50 bits per heavy atom. The van der Waals surface area contributed by atoms with Crippen LogP contribution in [-0.4, -0.2) is 62.3 Å². The van der Waals surface area contributed by atoms with E-state index in [1.54, 1.807) is 4.90 Å².